The van der Waals surface area contributed by atoms with Crippen LogP contribution in [0.4, 0.5) is 0 Å². The third-order valence-corrected chi connectivity index (χ3v) is 3.41. The Balaban J connectivity index is 3.04. The predicted molar refractivity (Wildman–Crippen MR) is 41.4 cm³/mol. The fraction of sp³-hybridized carbons (Fsp3) is 0.500. The molecule has 1 aliphatic heterocycles. The van der Waals surface area contributed by atoms with Gasteiger partial charge in [-0.3, -0.25) is 0 Å². The third-order valence-electron chi connectivity index (χ3n) is 1.20. The molecule has 0 saturated heterocycles. The lowest BCUT2D eigenvalue weighted by Crippen LogP contribution is -2.16. The average Bonchev–Trinajstić information content (AvgIpc) is 2.11. The van der Waals surface area contributed by atoms with Crippen LogP contribution in [0.5, 0.6) is 0 Å². The van der Waals surface area contributed by atoms with Crippen molar-refractivity contribution >= 4 is 21.8 Å². The van der Waals surface area contributed by atoms with Crippen molar-refractivity contribution in [3.05, 3.63) is 9.93 Å². The van der Waals surface area contributed by atoms with E-state index in [0.29, 0.717) is 11.4 Å². The van der Waals surface area contributed by atoms with Crippen LogP contribution in [0, 0.1) is 0 Å². The summed E-state index contributed by atoms with van der Waals surface area (Å²) < 4.78 is 21.3. The zero-order chi connectivity index (χ0) is 7.78. The molecule has 0 saturated carbocycles. The Morgan fingerprint density at radius 2 is 2.10 bits per heavy atom. The van der Waals surface area contributed by atoms with Gasteiger partial charge >= 0.3 is 0 Å². The largest absolute Gasteiger partial charge is 0.393 e. The topological polar surface area (TPSA) is 86.2 Å². The van der Waals surface area contributed by atoms with Crippen LogP contribution in [0.2, 0.25) is 0 Å². The highest BCUT2D eigenvalue weighted by molar-refractivity contribution is 8.04. The molecule has 10 heavy (non-hydrogen) atoms. The van der Waals surface area contributed by atoms with Crippen molar-refractivity contribution in [1.82, 2.24) is 0 Å². The molecule has 6 heteroatoms. The molecular formula is C4H8N2O2S2. The first kappa shape index (κ1) is 7.90. The molecule has 0 atom stereocenters. The van der Waals surface area contributed by atoms with Gasteiger partial charge in [0, 0.05) is 5.75 Å². The number of allylic oxidation sites excluding steroid dienone is 1. The first-order valence-electron chi connectivity index (χ1n) is 2.66. The van der Waals surface area contributed by atoms with E-state index < -0.39 is 10.0 Å². The zero-order valence-corrected chi connectivity index (χ0v) is 6.83. The maximum Gasteiger partial charge on any atom is 0.236 e. The predicted octanol–water partition coefficient (Wildman–Crippen LogP) is -0.460. The molecule has 1 aliphatic rings. The lowest BCUT2D eigenvalue weighted by molar-refractivity contribution is 0.602. The van der Waals surface area contributed by atoms with Crippen LogP contribution in [0.1, 0.15) is 6.42 Å². The van der Waals surface area contributed by atoms with E-state index in [1.165, 1.54) is 11.8 Å². The SMILES string of the molecule is NC1=C(S(N)(=O)=O)CCS1. The molecule has 0 spiro atoms. The highest BCUT2D eigenvalue weighted by Gasteiger charge is 2.21. The van der Waals surface area contributed by atoms with Gasteiger partial charge in [-0.15, -0.1) is 11.8 Å². The Morgan fingerprint density at radius 1 is 1.50 bits per heavy atom. The van der Waals surface area contributed by atoms with Crippen LogP contribution in [-0.2, 0) is 10.0 Å². The van der Waals surface area contributed by atoms with Crippen LogP contribution in [0.25, 0.3) is 0 Å². The Labute approximate surface area is 63.7 Å². The van der Waals surface area contributed by atoms with E-state index in [4.69, 9.17) is 10.9 Å². The van der Waals surface area contributed by atoms with Crippen LogP contribution >= 0.6 is 11.8 Å². The quantitative estimate of drug-likeness (QED) is 0.571. The molecule has 4 N–H and O–H groups in total. The number of primary sulfonamides is 1. The van der Waals surface area contributed by atoms with Crippen molar-refractivity contribution < 1.29 is 8.42 Å². The van der Waals surface area contributed by atoms with Gasteiger partial charge in [0.2, 0.25) is 10.0 Å². The average molecular weight is 180 g/mol. The third kappa shape index (κ3) is 1.44. The van der Waals surface area contributed by atoms with E-state index in [1.54, 1.807) is 0 Å². The standard InChI is InChI=1S/C4H8N2O2S2/c5-4-3(1-2-9-4)10(6,7)8/h1-2,5H2,(H2,6,7,8). The van der Waals surface area contributed by atoms with Gasteiger partial charge in [0.25, 0.3) is 0 Å². The maximum atomic E-state index is 10.7. The number of hydrogen-bond donors (Lipinski definition) is 2. The summed E-state index contributed by atoms with van der Waals surface area (Å²) >= 11 is 1.33. The van der Waals surface area contributed by atoms with Crippen LogP contribution < -0.4 is 10.9 Å². The van der Waals surface area contributed by atoms with Crippen molar-refractivity contribution in [2.24, 2.45) is 10.9 Å². The number of hydrogen-bond acceptors (Lipinski definition) is 4. The monoisotopic (exact) mass is 180 g/mol. The molecule has 0 aromatic carbocycles. The highest BCUT2D eigenvalue weighted by Crippen LogP contribution is 2.29. The summed E-state index contributed by atoms with van der Waals surface area (Å²) in [6.07, 6.45) is 0.468. The molecule has 0 fully saturated rings. The van der Waals surface area contributed by atoms with Gasteiger partial charge in [-0.05, 0) is 6.42 Å². The number of thioether (sulfide) groups is 1. The van der Waals surface area contributed by atoms with Gasteiger partial charge in [0.05, 0.1) is 9.93 Å². The summed E-state index contributed by atoms with van der Waals surface area (Å²) in [7, 11) is -3.52. The molecule has 0 bridgehead atoms. The molecule has 1 heterocycles. The van der Waals surface area contributed by atoms with Gasteiger partial charge < -0.3 is 5.73 Å². The Hall–Kier alpha value is -0.200. The van der Waals surface area contributed by atoms with Crippen molar-refractivity contribution in [3.8, 4) is 0 Å². The first-order valence-corrected chi connectivity index (χ1v) is 5.19. The second kappa shape index (κ2) is 2.44. The van der Waals surface area contributed by atoms with Crippen LogP contribution in [0.3, 0.4) is 0 Å². The molecule has 0 unspecified atom stereocenters. The van der Waals surface area contributed by atoms with E-state index in [1.807, 2.05) is 0 Å². The van der Waals surface area contributed by atoms with Crippen molar-refractivity contribution in [3.63, 3.8) is 0 Å². The molecule has 0 aromatic heterocycles. The van der Waals surface area contributed by atoms with Gasteiger partial charge in [0.1, 0.15) is 0 Å². The van der Waals surface area contributed by atoms with Gasteiger partial charge in [-0.1, -0.05) is 0 Å². The van der Waals surface area contributed by atoms with E-state index in [-0.39, 0.29) is 4.91 Å². The highest BCUT2D eigenvalue weighted by atomic mass is 32.2. The van der Waals surface area contributed by atoms with Crippen LogP contribution in [0.15, 0.2) is 9.93 Å². The number of rotatable bonds is 1. The van der Waals surface area contributed by atoms with Crippen LogP contribution in [-0.4, -0.2) is 14.2 Å². The lowest BCUT2D eigenvalue weighted by atomic mass is 10.5. The van der Waals surface area contributed by atoms with E-state index in [0.717, 1.165) is 5.75 Å². The van der Waals surface area contributed by atoms with E-state index >= 15 is 0 Å². The summed E-state index contributed by atoms with van der Waals surface area (Å²) in [5.41, 5.74) is 5.35. The van der Waals surface area contributed by atoms with Crippen molar-refractivity contribution in [2.45, 2.75) is 6.42 Å². The summed E-state index contributed by atoms with van der Waals surface area (Å²) in [4.78, 5) is 0.192. The van der Waals surface area contributed by atoms with E-state index in [2.05, 4.69) is 0 Å². The summed E-state index contributed by atoms with van der Waals surface area (Å²) in [5.74, 6) is 0.720. The Morgan fingerprint density at radius 3 is 2.30 bits per heavy atom. The molecule has 58 valence electrons. The Kier molecular flexibility index (Phi) is 1.93. The van der Waals surface area contributed by atoms with Gasteiger partial charge in [-0.25, -0.2) is 13.6 Å². The maximum absolute atomic E-state index is 10.7. The normalized spacial score (nSPS) is 20.1. The fourth-order valence-corrected chi connectivity index (χ4v) is 2.85. The molecule has 0 aliphatic carbocycles. The summed E-state index contributed by atoms with van der Waals surface area (Å²) in [5, 5.41) is 5.20. The molecule has 1 rings (SSSR count). The summed E-state index contributed by atoms with van der Waals surface area (Å²) in [6, 6.07) is 0. The second-order valence-electron chi connectivity index (χ2n) is 1.93. The fourth-order valence-electron chi connectivity index (χ4n) is 0.740. The smallest absolute Gasteiger partial charge is 0.236 e. The van der Waals surface area contributed by atoms with Crippen molar-refractivity contribution in [1.29, 1.82) is 0 Å². The minimum Gasteiger partial charge on any atom is -0.393 e. The number of nitrogens with two attached hydrogens (primary N) is 2. The second-order valence-corrected chi connectivity index (χ2v) is 4.65. The Bertz CT molecular complexity index is 267. The van der Waals surface area contributed by atoms with Gasteiger partial charge in [0.15, 0.2) is 0 Å². The zero-order valence-electron chi connectivity index (χ0n) is 5.20. The minimum absolute atomic E-state index is 0.192. The lowest BCUT2D eigenvalue weighted by Gasteiger charge is -1.96. The minimum atomic E-state index is -3.52. The number of sulfonamides is 1. The van der Waals surface area contributed by atoms with Crippen molar-refractivity contribution in [2.75, 3.05) is 5.75 Å². The summed E-state index contributed by atoms with van der Waals surface area (Å²) in [6.45, 7) is 0. The molecule has 0 amide bonds. The van der Waals surface area contributed by atoms with E-state index in [9.17, 15) is 8.42 Å². The molecular weight excluding hydrogens is 172 g/mol. The molecule has 0 aromatic rings. The molecule has 4 nitrogen and oxygen atoms in total. The first-order chi connectivity index (χ1) is 4.52. The van der Waals surface area contributed by atoms with Gasteiger partial charge in [-0.2, -0.15) is 0 Å². The molecule has 0 radical (unpaired) electrons.